The lowest BCUT2D eigenvalue weighted by atomic mass is 9.83. The van der Waals surface area contributed by atoms with Gasteiger partial charge in [0.2, 0.25) is 0 Å². The van der Waals surface area contributed by atoms with E-state index < -0.39 is 0 Å². The Balaban J connectivity index is 1.44. The van der Waals surface area contributed by atoms with Crippen LogP contribution in [0.1, 0.15) is 58.7 Å². The number of hydrogen-bond donors (Lipinski definition) is 0. The summed E-state index contributed by atoms with van der Waals surface area (Å²) >= 11 is 0. The summed E-state index contributed by atoms with van der Waals surface area (Å²) in [7, 11) is 0. The van der Waals surface area contributed by atoms with E-state index >= 15 is 0 Å². The lowest BCUT2D eigenvalue weighted by Crippen LogP contribution is -2.10. The molecule has 33 heavy (non-hydrogen) atoms. The Hall–Kier alpha value is -3.12. The third-order valence-corrected chi connectivity index (χ3v) is 7.42. The topological polar surface area (TPSA) is 0 Å². The second-order valence-electron chi connectivity index (χ2n) is 10.3. The van der Waals surface area contributed by atoms with Gasteiger partial charge in [-0.05, 0) is 102 Å². The van der Waals surface area contributed by atoms with Crippen molar-refractivity contribution in [2.75, 3.05) is 0 Å². The fourth-order valence-electron chi connectivity index (χ4n) is 5.39. The van der Waals surface area contributed by atoms with Crippen molar-refractivity contribution in [3.8, 4) is 22.3 Å². The van der Waals surface area contributed by atoms with E-state index in [1.54, 1.807) is 0 Å². The predicted octanol–water partition coefficient (Wildman–Crippen LogP) is 8.83. The van der Waals surface area contributed by atoms with Gasteiger partial charge in [0.1, 0.15) is 0 Å². The molecule has 166 valence electrons. The van der Waals surface area contributed by atoms with Gasteiger partial charge in [-0.3, -0.25) is 0 Å². The summed E-state index contributed by atoms with van der Waals surface area (Å²) in [6.45, 7) is 11.3. The number of benzene rings is 4. The number of aryl methyl sites for hydroxylation is 3. The summed E-state index contributed by atoms with van der Waals surface area (Å²) in [4.78, 5) is 0. The van der Waals surface area contributed by atoms with Crippen LogP contribution in [0.5, 0.6) is 0 Å². The van der Waals surface area contributed by atoms with E-state index in [9.17, 15) is 0 Å². The Kier molecular flexibility index (Phi) is 5.71. The molecule has 0 bridgehead atoms. The molecule has 0 saturated carbocycles. The molecule has 0 N–H and O–H groups in total. The fraction of sp³-hybridized carbons (Fsp3) is 0.273. The summed E-state index contributed by atoms with van der Waals surface area (Å²) in [5.41, 5.74) is 15.4. The van der Waals surface area contributed by atoms with Crippen LogP contribution in [0.4, 0.5) is 0 Å². The molecule has 0 spiro atoms. The maximum Gasteiger partial charge on any atom is -0.00131 e. The predicted molar refractivity (Wildman–Crippen MR) is 142 cm³/mol. The minimum atomic E-state index is 0.544. The van der Waals surface area contributed by atoms with Crippen LogP contribution in [-0.2, 0) is 12.8 Å². The second-order valence-corrected chi connectivity index (χ2v) is 10.3. The lowest BCUT2D eigenvalue weighted by Gasteiger charge is -2.22. The van der Waals surface area contributed by atoms with Crippen LogP contribution in [-0.4, -0.2) is 0 Å². The quantitative estimate of drug-likeness (QED) is 0.261. The van der Waals surface area contributed by atoms with E-state index in [-0.39, 0.29) is 0 Å². The molecule has 1 atom stereocenters. The molecule has 0 aliphatic heterocycles. The number of fused-ring (bicyclic) bond motifs is 3. The third-order valence-electron chi connectivity index (χ3n) is 7.42. The molecular weight excluding hydrogens is 396 g/mol. The van der Waals surface area contributed by atoms with Gasteiger partial charge in [-0.25, -0.2) is 0 Å². The van der Waals surface area contributed by atoms with Gasteiger partial charge in [0.05, 0.1) is 0 Å². The van der Waals surface area contributed by atoms with Crippen LogP contribution >= 0.6 is 0 Å². The van der Waals surface area contributed by atoms with Gasteiger partial charge in [0, 0.05) is 0 Å². The standard InChI is InChI=1S/C33H34/c1-21(2)31(26-11-6-22(3)7-12-26)18-25-10-15-30-28(17-25)19-29-20-32(24(5)16-33(29)30)27-13-8-23(4)9-14-27/h6-17,20-21,31H,18-19H2,1-5H3. The van der Waals surface area contributed by atoms with Crippen LogP contribution in [0, 0.1) is 26.7 Å². The molecule has 4 aromatic carbocycles. The average molecular weight is 431 g/mol. The van der Waals surface area contributed by atoms with Gasteiger partial charge < -0.3 is 0 Å². The molecule has 1 aliphatic rings. The van der Waals surface area contributed by atoms with Crippen LogP contribution in [0.2, 0.25) is 0 Å². The molecule has 5 rings (SSSR count). The summed E-state index contributed by atoms with van der Waals surface area (Å²) in [5, 5.41) is 0. The van der Waals surface area contributed by atoms with E-state index in [1.807, 2.05) is 0 Å². The second kappa shape index (κ2) is 8.67. The minimum Gasteiger partial charge on any atom is -0.0622 e. The van der Waals surface area contributed by atoms with E-state index in [4.69, 9.17) is 0 Å². The van der Waals surface area contributed by atoms with E-state index in [2.05, 4.69) is 113 Å². The van der Waals surface area contributed by atoms with Crippen molar-refractivity contribution in [1.82, 2.24) is 0 Å². The SMILES string of the molecule is Cc1ccc(-c2cc3c(cc2C)-c2ccc(CC(c4ccc(C)cc4)C(C)C)cc2C3)cc1. The zero-order chi connectivity index (χ0) is 23.1. The largest absolute Gasteiger partial charge is 0.0622 e. The smallest absolute Gasteiger partial charge is 0.00131 e. The van der Waals surface area contributed by atoms with E-state index in [0.717, 1.165) is 12.8 Å². The summed E-state index contributed by atoms with van der Waals surface area (Å²) in [6, 6.07) is 30.1. The molecule has 0 radical (unpaired) electrons. The molecule has 0 nitrogen and oxygen atoms in total. The fourth-order valence-corrected chi connectivity index (χ4v) is 5.39. The first-order valence-electron chi connectivity index (χ1n) is 12.3. The van der Waals surface area contributed by atoms with Crippen LogP contribution in [0.3, 0.4) is 0 Å². The first-order valence-corrected chi connectivity index (χ1v) is 12.3. The molecule has 0 heteroatoms. The van der Waals surface area contributed by atoms with Crippen molar-refractivity contribution in [2.45, 2.75) is 53.4 Å². The molecule has 0 aromatic heterocycles. The van der Waals surface area contributed by atoms with E-state index in [1.165, 1.54) is 61.2 Å². The van der Waals surface area contributed by atoms with Crippen LogP contribution in [0.25, 0.3) is 22.3 Å². The highest BCUT2D eigenvalue weighted by Crippen LogP contribution is 2.41. The zero-order valence-electron chi connectivity index (χ0n) is 20.6. The Bertz CT molecular complexity index is 1290. The summed E-state index contributed by atoms with van der Waals surface area (Å²) in [5.74, 6) is 1.15. The summed E-state index contributed by atoms with van der Waals surface area (Å²) < 4.78 is 0. The van der Waals surface area contributed by atoms with Gasteiger partial charge in [-0.2, -0.15) is 0 Å². The first-order chi connectivity index (χ1) is 15.9. The third kappa shape index (κ3) is 4.27. The number of hydrogen-bond acceptors (Lipinski definition) is 0. The molecular formula is C33H34. The number of rotatable bonds is 5. The van der Waals surface area contributed by atoms with Crippen molar-refractivity contribution >= 4 is 0 Å². The average Bonchev–Trinajstić information content (AvgIpc) is 3.14. The zero-order valence-corrected chi connectivity index (χ0v) is 20.6. The monoisotopic (exact) mass is 430 g/mol. The van der Waals surface area contributed by atoms with Gasteiger partial charge in [-0.15, -0.1) is 0 Å². The molecule has 1 unspecified atom stereocenters. The van der Waals surface area contributed by atoms with Gasteiger partial charge in [-0.1, -0.05) is 97.8 Å². The van der Waals surface area contributed by atoms with Gasteiger partial charge >= 0.3 is 0 Å². The maximum atomic E-state index is 2.47. The van der Waals surface area contributed by atoms with Crippen LogP contribution in [0.15, 0.2) is 78.9 Å². The van der Waals surface area contributed by atoms with E-state index in [0.29, 0.717) is 11.8 Å². The normalized spacial score (nSPS) is 13.2. The lowest BCUT2D eigenvalue weighted by molar-refractivity contribution is 0.495. The van der Waals surface area contributed by atoms with Crippen molar-refractivity contribution in [2.24, 2.45) is 5.92 Å². The molecule has 0 fully saturated rings. The highest BCUT2D eigenvalue weighted by Gasteiger charge is 2.22. The van der Waals surface area contributed by atoms with Crippen molar-refractivity contribution in [3.05, 3.63) is 118 Å². The molecule has 0 saturated heterocycles. The maximum absolute atomic E-state index is 2.47. The van der Waals surface area contributed by atoms with Crippen LogP contribution < -0.4 is 0 Å². The first kappa shape index (κ1) is 21.7. The van der Waals surface area contributed by atoms with Gasteiger partial charge in [0.25, 0.3) is 0 Å². The van der Waals surface area contributed by atoms with Crippen molar-refractivity contribution in [3.63, 3.8) is 0 Å². The molecule has 0 heterocycles. The Morgan fingerprint density at radius 2 is 1.27 bits per heavy atom. The highest BCUT2D eigenvalue weighted by molar-refractivity contribution is 5.82. The molecule has 1 aliphatic carbocycles. The Morgan fingerprint density at radius 1 is 0.636 bits per heavy atom. The molecule has 0 amide bonds. The highest BCUT2D eigenvalue weighted by atomic mass is 14.3. The van der Waals surface area contributed by atoms with Gasteiger partial charge in [0.15, 0.2) is 0 Å². The molecule has 4 aromatic rings. The minimum absolute atomic E-state index is 0.544. The Labute approximate surface area is 199 Å². The summed E-state index contributed by atoms with van der Waals surface area (Å²) in [6.07, 6.45) is 2.13. The van der Waals surface area contributed by atoms with Crippen molar-refractivity contribution in [1.29, 1.82) is 0 Å². The Morgan fingerprint density at radius 3 is 1.94 bits per heavy atom. The van der Waals surface area contributed by atoms with Crippen molar-refractivity contribution < 1.29 is 0 Å².